The summed E-state index contributed by atoms with van der Waals surface area (Å²) in [6.45, 7) is 2.87. The van der Waals surface area contributed by atoms with E-state index in [1.165, 1.54) is 4.90 Å². The molecule has 2 amide bonds. The summed E-state index contributed by atoms with van der Waals surface area (Å²) in [4.78, 5) is 26.6. The standard InChI is InChI=1S/C23H24N4O3/c1-16-6-3-4-9-19(16)20-13-22-26(23(29)10-11-27(22)25-20)15-21(28)24-14-17-7-5-8-18(12-17)30-2/h3-9,12-13H,10-11,14-15H2,1-2H3,(H,24,28). The van der Waals surface area contributed by atoms with E-state index in [4.69, 9.17) is 4.74 Å². The van der Waals surface area contributed by atoms with Crippen LogP contribution in [0.4, 0.5) is 5.82 Å². The summed E-state index contributed by atoms with van der Waals surface area (Å²) in [5.74, 6) is 1.09. The summed E-state index contributed by atoms with van der Waals surface area (Å²) >= 11 is 0. The first-order valence-electron chi connectivity index (χ1n) is 9.89. The Balaban J connectivity index is 1.49. The van der Waals surface area contributed by atoms with Crippen molar-refractivity contribution >= 4 is 17.6 Å². The maximum absolute atomic E-state index is 12.6. The molecule has 7 heteroatoms. The van der Waals surface area contributed by atoms with E-state index in [1.54, 1.807) is 11.8 Å². The molecule has 2 heterocycles. The van der Waals surface area contributed by atoms with Gasteiger partial charge in [-0.3, -0.25) is 14.5 Å². The third kappa shape index (κ3) is 4.05. The maximum atomic E-state index is 12.6. The number of hydrogen-bond acceptors (Lipinski definition) is 4. The fourth-order valence-electron chi connectivity index (χ4n) is 3.60. The lowest BCUT2D eigenvalue weighted by Gasteiger charge is -2.26. The molecule has 0 spiro atoms. The van der Waals surface area contributed by atoms with Crippen molar-refractivity contribution in [3.05, 3.63) is 65.7 Å². The molecule has 0 radical (unpaired) electrons. The molecule has 1 aliphatic rings. The number of aryl methyl sites for hydroxylation is 2. The Morgan fingerprint density at radius 3 is 2.80 bits per heavy atom. The number of fused-ring (bicyclic) bond motifs is 1. The first-order valence-corrected chi connectivity index (χ1v) is 9.89. The largest absolute Gasteiger partial charge is 0.497 e. The lowest BCUT2D eigenvalue weighted by atomic mass is 10.1. The van der Waals surface area contributed by atoms with E-state index >= 15 is 0 Å². The molecule has 0 fully saturated rings. The number of methoxy groups -OCH3 is 1. The number of carbonyl (C=O) groups is 2. The third-order valence-corrected chi connectivity index (χ3v) is 5.22. The molecule has 1 N–H and O–H groups in total. The molecule has 154 valence electrons. The number of amides is 2. The van der Waals surface area contributed by atoms with Crippen molar-refractivity contribution in [1.82, 2.24) is 15.1 Å². The zero-order valence-corrected chi connectivity index (χ0v) is 17.1. The van der Waals surface area contributed by atoms with Gasteiger partial charge in [-0.1, -0.05) is 36.4 Å². The maximum Gasteiger partial charge on any atom is 0.240 e. The van der Waals surface area contributed by atoms with Crippen molar-refractivity contribution in [3.8, 4) is 17.0 Å². The average Bonchev–Trinajstić information content (AvgIpc) is 3.19. The van der Waals surface area contributed by atoms with Gasteiger partial charge >= 0.3 is 0 Å². The fraction of sp³-hybridized carbons (Fsp3) is 0.261. The number of hydrogen-bond donors (Lipinski definition) is 1. The van der Waals surface area contributed by atoms with E-state index in [1.807, 2.05) is 61.5 Å². The van der Waals surface area contributed by atoms with Crippen LogP contribution in [0.1, 0.15) is 17.5 Å². The van der Waals surface area contributed by atoms with Crippen LogP contribution in [-0.2, 0) is 22.7 Å². The first kappa shape index (κ1) is 19.7. The zero-order valence-electron chi connectivity index (χ0n) is 17.1. The molecular weight excluding hydrogens is 380 g/mol. The van der Waals surface area contributed by atoms with Crippen LogP contribution in [-0.4, -0.2) is 35.2 Å². The quantitative estimate of drug-likeness (QED) is 0.685. The third-order valence-electron chi connectivity index (χ3n) is 5.22. The van der Waals surface area contributed by atoms with Crippen molar-refractivity contribution in [2.24, 2.45) is 0 Å². The Hall–Kier alpha value is -3.61. The molecule has 4 rings (SSSR count). The monoisotopic (exact) mass is 404 g/mol. The topological polar surface area (TPSA) is 76.5 Å². The van der Waals surface area contributed by atoms with Crippen LogP contribution < -0.4 is 15.0 Å². The van der Waals surface area contributed by atoms with Crippen LogP contribution in [0.2, 0.25) is 0 Å². The van der Waals surface area contributed by atoms with Gasteiger partial charge in [0, 0.05) is 24.6 Å². The summed E-state index contributed by atoms with van der Waals surface area (Å²) in [7, 11) is 1.61. The average molecular weight is 404 g/mol. The normalized spacial score (nSPS) is 13.1. The van der Waals surface area contributed by atoms with E-state index in [0.717, 1.165) is 28.1 Å². The second-order valence-corrected chi connectivity index (χ2v) is 7.28. The minimum Gasteiger partial charge on any atom is -0.497 e. The van der Waals surface area contributed by atoms with E-state index in [-0.39, 0.29) is 18.4 Å². The highest BCUT2D eigenvalue weighted by molar-refractivity contribution is 5.99. The van der Waals surface area contributed by atoms with Gasteiger partial charge in [0.25, 0.3) is 0 Å². The molecule has 0 aliphatic carbocycles. The Bertz CT molecular complexity index is 1090. The summed E-state index contributed by atoms with van der Waals surface area (Å²) in [6.07, 6.45) is 0.324. The van der Waals surface area contributed by atoms with E-state index < -0.39 is 0 Å². The minimum atomic E-state index is -0.224. The van der Waals surface area contributed by atoms with E-state index in [0.29, 0.717) is 25.3 Å². The van der Waals surface area contributed by atoms with Gasteiger partial charge in [0.05, 0.1) is 19.3 Å². The Morgan fingerprint density at radius 2 is 2.00 bits per heavy atom. The van der Waals surface area contributed by atoms with Crippen molar-refractivity contribution in [1.29, 1.82) is 0 Å². The number of nitrogens with zero attached hydrogens (tertiary/aromatic N) is 3. The highest BCUT2D eigenvalue weighted by Crippen LogP contribution is 2.29. The van der Waals surface area contributed by atoms with Crippen LogP contribution in [0.15, 0.2) is 54.6 Å². The molecule has 2 aromatic carbocycles. The molecule has 3 aromatic rings. The predicted octanol–water partition coefficient (Wildman–Crippen LogP) is 2.92. The molecule has 7 nitrogen and oxygen atoms in total. The number of anilines is 1. The van der Waals surface area contributed by atoms with Crippen LogP contribution >= 0.6 is 0 Å². The smallest absolute Gasteiger partial charge is 0.240 e. The van der Waals surface area contributed by atoms with Gasteiger partial charge in [0.15, 0.2) is 0 Å². The second kappa shape index (κ2) is 8.41. The van der Waals surface area contributed by atoms with Gasteiger partial charge in [0.2, 0.25) is 11.8 Å². The number of benzene rings is 2. The molecule has 0 bridgehead atoms. The molecule has 1 aromatic heterocycles. The van der Waals surface area contributed by atoms with Crippen LogP contribution in [0.5, 0.6) is 5.75 Å². The lowest BCUT2D eigenvalue weighted by molar-refractivity contribution is -0.124. The molecule has 0 atom stereocenters. The molecule has 0 saturated heterocycles. The van der Waals surface area contributed by atoms with Crippen molar-refractivity contribution in [3.63, 3.8) is 0 Å². The van der Waals surface area contributed by atoms with Crippen LogP contribution in [0.25, 0.3) is 11.3 Å². The zero-order chi connectivity index (χ0) is 21.1. The Morgan fingerprint density at radius 1 is 1.17 bits per heavy atom. The van der Waals surface area contributed by atoms with E-state index in [2.05, 4.69) is 10.4 Å². The minimum absolute atomic E-state index is 0.0400. The lowest BCUT2D eigenvalue weighted by Crippen LogP contribution is -2.44. The van der Waals surface area contributed by atoms with Gasteiger partial charge in [-0.15, -0.1) is 0 Å². The highest BCUT2D eigenvalue weighted by atomic mass is 16.5. The van der Waals surface area contributed by atoms with Crippen LogP contribution in [0, 0.1) is 6.92 Å². The predicted molar refractivity (Wildman–Crippen MR) is 114 cm³/mol. The van der Waals surface area contributed by atoms with E-state index in [9.17, 15) is 9.59 Å². The van der Waals surface area contributed by atoms with Crippen molar-refractivity contribution < 1.29 is 14.3 Å². The fourth-order valence-corrected chi connectivity index (χ4v) is 3.60. The highest BCUT2D eigenvalue weighted by Gasteiger charge is 2.28. The molecule has 1 aliphatic heterocycles. The molecular formula is C23H24N4O3. The Kier molecular flexibility index (Phi) is 5.52. The number of carbonyl (C=O) groups excluding carboxylic acids is 2. The number of rotatable bonds is 6. The summed E-state index contributed by atoms with van der Waals surface area (Å²) in [5, 5.41) is 7.54. The number of aromatic nitrogens is 2. The van der Waals surface area contributed by atoms with Gasteiger partial charge in [-0.2, -0.15) is 5.10 Å². The van der Waals surface area contributed by atoms with Gasteiger partial charge in [-0.05, 0) is 30.2 Å². The van der Waals surface area contributed by atoms with Crippen molar-refractivity contribution in [2.75, 3.05) is 18.6 Å². The Labute approximate surface area is 175 Å². The number of nitrogens with one attached hydrogen (secondary N) is 1. The summed E-state index contributed by atoms with van der Waals surface area (Å²) in [5.41, 5.74) is 3.87. The molecule has 30 heavy (non-hydrogen) atoms. The van der Waals surface area contributed by atoms with Gasteiger partial charge in [0.1, 0.15) is 18.1 Å². The molecule has 0 unspecified atom stereocenters. The van der Waals surface area contributed by atoms with Gasteiger partial charge in [-0.25, -0.2) is 4.68 Å². The number of ether oxygens (including phenoxy) is 1. The SMILES string of the molecule is COc1cccc(CNC(=O)CN2C(=O)CCn3nc(-c4ccccc4C)cc32)c1. The van der Waals surface area contributed by atoms with Gasteiger partial charge < -0.3 is 10.1 Å². The summed E-state index contributed by atoms with van der Waals surface area (Å²) in [6, 6.07) is 17.4. The molecule has 0 saturated carbocycles. The first-order chi connectivity index (χ1) is 14.5. The van der Waals surface area contributed by atoms with Crippen LogP contribution in [0.3, 0.4) is 0 Å². The van der Waals surface area contributed by atoms with Crippen molar-refractivity contribution in [2.45, 2.75) is 26.4 Å². The summed E-state index contributed by atoms with van der Waals surface area (Å²) < 4.78 is 7.01. The second-order valence-electron chi connectivity index (χ2n) is 7.28.